The van der Waals surface area contributed by atoms with Gasteiger partial charge in [-0.05, 0) is 37.6 Å². The molecule has 4 heteroatoms. The SMILES string of the molecule is CCN1CCCC(NCc2cccc(Cl)c2Cl)C1. The zero-order valence-corrected chi connectivity index (χ0v) is 12.3. The van der Waals surface area contributed by atoms with E-state index in [4.69, 9.17) is 23.2 Å². The molecule has 0 amide bonds. The van der Waals surface area contributed by atoms with Gasteiger partial charge < -0.3 is 10.2 Å². The van der Waals surface area contributed by atoms with E-state index in [0.29, 0.717) is 16.1 Å². The summed E-state index contributed by atoms with van der Waals surface area (Å²) in [5.74, 6) is 0. The van der Waals surface area contributed by atoms with E-state index in [1.165, 1.54) is 19.4 Å². The molecule has 1 unspecified atom stereocenters. The van der Waals surface area contributed by atoms with Gasteiger partial charge in [-0.25, -0.2) is 0 Å². The van der Waals surface area contributed by atoms with Crippen molar-refractivity contribution in [2.45, 2.75) is 32.4 Å². The standard InChI is InChI=1S/C14H20Cl2N2/c1-2-18-8-4-6-12(10-18)17-9-11-5-3-7-13(15)14(11)16/h3,5,7,12,17H,2,4,6,8-10H2,1H3. The number of likely N-dealkylation sites (tertiary alicyclic amines) is 1. The molecule has 1 fully saturated rings. The molecule has 0 saturated carbocycles. The monoisotopic (exact) mass is 286 g/mol. The van der Waals surface area contributed by atoms with Gasteiger partial charge in [0.15, 0.2) is 0 Å². The maximum Gasteiger partial charge on any atom is 0.0637 e. The van der Waals surface area contributed by atoms with Crippen molar-refractivity contribution in [3.8, 4) is 0 Å². The summed E-state index contributed by atoms with van der Waals surface area (Å²) in [7, 11) is 0. The molecular formula is C14H20Cl2N2. The van der Waals surface area contributed by atoms with E-state index in [1.807, 2.05) is 18.2 Å². The molecule has 1 aromatic rings. The summed E-state index contributed by atoms with van der Waals surface area (Å²) < 4.78 is 0. The van der Waals surface area contributed by atoms with Crippen LogP contribution in [0.5, 0.6) is 0 Å². The minimum atomic E-state index is 0.564. The Morgan fingerprint density at radius 1 is 1.39 bits per heavy atom. The van der Waals surface area contributed by atoms with E-state index in [9.17, 15) is 0 Å². The summed E-state index contributed by atoms with van der Waals surface area (Å²) in [6.45, 7) is 6.51. The topological polar surface area (TPSA) is 15.3 Å². The lowest BCUT2D eigenvalue weighted by Crippen LogP contribution is -2.45. The average molecular weight is 287 g/mol. The van der Waals surface area contributed by atoms with Crippen LogP contribution in [-0.4, -0.2) is 30.6 Å². The number of rotatable bonds is 4. The fourth-order valence-electron chi connectivity index (χ4n) is 2.45. The van der Waals surface area contributed by atoms with Crippen LogP contribution in [0.25, 0.3) is 0 Å². The molecule has 1 atom stereocenters. The van der Waals surface area contributed by atoms with E-state index in [-0.39, 0.29) is 0 Å². The zero-order valence-electron chi connectivity index (χ0n) is 10.8. The third-order valence-corrected chi connectivity index (χ3v) is 4.42. The highest BCUT2D eigenvalue weighted by atomic mass is 35.5. The zero-order chi connectivity index (χ0) is 13.0. The Morgan fingerprint density at radius 3 is 3.00 bits per heavy atom. The van der Waals surface area contributed by atoms with Gasteiger partial charge in [0.05, 0.1) is 10.0 Å². The minimum Gasteiger partial charge on any atom is -0.309 e. The lowest BCUT2D eigenvalue weighted by molar-refractivity contribution is 0.198. The van der Waals surface area contributed by atoms with E-state index < -0.39 is 0 Å². The molecule has 18 heavy (non-hydrogen) atoms. The number of benzene rings is 1. The van der Waals surface area contributed by atoms with Crippen LogP contribution in [0.4, 0.5) is 0 Å². The normalized spacial score (nSPS) is 21.2. The lowest BCUT2D eigenvalue weighted by atomic mass is 10.1. The Kier molecular flexibility index (Phi) is 5.31. The van der Waals surface area contributed by atoms with Crippen LogP contribution < -0.4 is 5.32 Å². The number of halogens is 2. The Morgan fingerprint density at radius 2 is 2.22 bits per heavy atom. The van der Waals surface area contributed by atoms with Crippen LogP contribution in [0, 0.1) is 0 Å². The molecule has 2 nitrogen and oxygen atoms in total. The second-order valence-electron chi connectivity index (χ2n) is 4.83. The van der Waals surface area contributed by atoms with E-state index in [0.717, 1.165) is 25.2 Å². The fraction of sp³-hybridized carbons (Fsp3) is 0.571. The van der Waals surface area contributed by atoms with Crippen molar-refractivity contribution in [2.24, 2.45) is 0 Å². The van der Waals surface area contributed by atoms with Gasteiger partial charge in [0.1, 0.15) is 0 Å². The van der Waals surface area contributed by atoms with Crippen molar-refractivity contribution in [3.63, 3.8) is 0 Å². The summed E-state index contributed by atoms with van der Waals surface area (Å²) in [6, 6.07) is 6.37. The van der Waals surface area contributed by atoms with Crippen molar-refractivity contribution < 1.29 is 0 Å². The predicted molar refractivity (Wildman–Crippen MR) is 78.4 cm³/mol. The Hall–Kier alpha value is -0.280. The summed E-state index contributed by atoms with van der Waals surface area (Å²) in [6.07, 6.45) is 2.52. The first-order valence-electron chi connectivity index (χ1n) is 6.59. The fourth-order valence-corrected chi connectivity index (χ4v) is 2.84. The third-order valence-electron chi connectivity index (χ3n) is 3.57. The molecule has 1 aliphatic rings. The molecule has 1 aromatic carbocycles. The van der Waals surface area contributed by atoms with Crippen LogP contribution >= 0.6 is 23.2 Å². The van der Waals surface area contributed by atoms with Crippen molar-refractivity contribution >= 4 is 23.2 Å². The third kappa shape index (κ3) is 3.61. The number of piperidine rings is 1. The van der Waals surface area contributed by atoms with Crippen LogP contribution in [0.2, 0.25) is 10.0 Å². The van der Waals surface area contributed by atoms with E-state index in [2.05, 4.69) is 17.1 Å². The van der Waals surface area contributed by atoms with Crippen LogP contribution in [0.15, 0.2) is 18.2 Å². The predicted octanol–water partition coefficient (Wildman–Crippen LogP) is 3.57. The smallest absolute Gasteiger partial charge is 0.0637 e. The summed E-state index contributed by atoms with van der Waals surface area (Å²) in [5.41, 5.74) is 1.08. The van der Waals surface area contributed by atoms with Crippen LogP contribution in [0.3, 0.4) is 0 Å². The molecule has 0 aliphatic carbocycles. The van der Waals surface area contributed by atoms with Gasteiger partial charge >= 0.3 is 0 Å². The molecule has 0 spiro atoms. The number of nitrogens with zero attached hydrogens (tertiary/aromatic N) is 1. The van der Waals surface area contributed by atoms with Crippen molar-refractivity contribution in [1.29, 1.82) is 0 Å². The molecule has 0 bridgehead atoms. The molecule has 1 N–H and O–H groups in total. The molecule has 1 saturated heterocycles. The Balaban J connectivity index is 1.89. The summed E-state index contributed by atoms with van der Waals surface area (Å²) in [5, 5.41) is 4.90. The number of likely N-dealkylation sites (N-methyl/N-ethyl adjacent to an activating group) is 1. The van der Waals surface area contributed by atoms with E-state index >= 15 is 0 Å². The number of nitrogens with one attached hydrogen (secondary N) is 1. The Labute approximate surface area is 119 Å². The first kappa shape index (κ1) is 14.1. The number of hydrogen-bond donors (Lipinski definition) is 1. The molecular weight excluding hydrogens is 267 g/mol. The molecule has 100 valence electrons. The van der Waals surface area contributed by atoms with Gasteiger partial charge in [-0.2, -0.15) is 0 Å². The van der Waals surface area contributed by atoms with Gasteiger partial charge in [-0.3, -0.25) is 0 Å². The molecule has 0 radical (unpaired) electrons. The van der Waals surface area contributed by atoms with E-state index in [1.54, 1.807) is 0 Å². The maximum atomic E-state index is 6.18. The number of hydrogen-bond acceptors (Lipinski definition) is 2. The first-order valence-corrected chi connectivity index (χ1v) is 7.35. The second kappa shape index (κ2) is 6.76. The van der Waals surface area contributed by atoms with Gasteiger partial charge in [-0.1, -0.05) is 42.3 Å². The lowest BCUT2D eigenvalue weighted by Gasteiger charge is -2.32. The highest BCUT2D eigenvalue weighted by molar-refractivity contribution is 6.42. The van der Waals surface area contributed by atoms with Gasteiger partial charge in [0, 0.05) is 19.1 Å². The highest BCUT2D eigenvalue weighted by Gasteiger charge is 2.18. The van der Waals surface area contributed by atoms with Gasteiger partial charge in [0.25, 0.3) is 0 Å². The van der Waals surface area contributed by atoms with Gasteiger partial charge in [-0.15, -0.1) is 0 Å². The van der Waals surface area contributed by atoms with Crippen molar-refractivity contribution in [3.05, 3.63) is 33.8 Å². The van der Waals surface area contributed by atoms with Crippen molar-refractivity contribution in [1.82, 2.24) is 10.2 Å². The second-order valence-corrected chi connectivity index (χ2v) is 5.61. The summed E-state index contributed by atoms with van der Waals surface area (Å²) in [4.78, 5) is 2.49. The van der Waals surface area contributed by atoms with Gasteiger partial charge in [0.2, 0.25) is 0 Å². The van der Waals surface area contributed by atoms with Crippen LogP contribution in [-0.2, 0) is 6.54 Å². The quantitative estimate of drug-likeness (QED) is 0.910. The first-order chi connectivity index (χ1) is 8.70. The van der Waals surface area contributed by atoms with Crippen LogP contribution in [0.1, 0.15) is 25.3 Å². The van der Waals surface area contributed by atoms with Crippen molar-refractivity contribution in [2.75, 3.05) is 19.6 Å². The molecule has 1 heterocycles. The Bertz CT molecular complexity index is 395. The molecule has 0 aromatic heterocycles. The highest BCUT2D eigenvalue weighted by Crippen LogP contribution is 2.25. The molecule has 2 rings (SSSR count). The summed E-state index contributed by atoms with van der Waals surface area (Å²) >= 11 is 12.2. The maximum absolute atomic E-state index is 6.18. The molecule has 1 aliphatic heterocycles. The average Bonchev–Trinajstić information content (AvgIpc) is 2.41. The minimum absolute atomic E-state index is 0.564. The largest absolute Gasteiger partial charge is 0.309 e.